The van der Waals surface area contributed by atoms with Crippen molar-refractivity contribution in [1.29, 1.82) is 0 Å². The van der Waals surface area contributed by atoms with Gasteiger partial charge in [0.15, 0.2) is 6.23 Å². The first-order valence-corrected chi connectivity index (χ1v) is 8.49. The van der Waals surface area contributed by atoms with E-state index in [2.05, 4.69) is 24.5 Å². The van der Waals surface area contributed by atoms with Crippen LogP contribution in [0.1, 0.15) is 37.8 Å². The number of ether oxygens (including phenoxy) is 1. The van der Waals surface area contributed by atoms with E-state index in [1.807, 2.05) is 24.3 Å². The summed E-state index contributed by atoms with van der Waals surface area (Å²) in [5.74, 6) is 0.168. The van der Waals surface area contributed by atoms with E-state index < -0.39 is 18.2 Å². The van der Waals surface area contributed by atoms with Gasteiger partial charge in [-0.2, -0.15) is 0 Å². The third kappa shape index (κ3) is 5.81. The molecule has 2 amide bonds. The van der Waals surface area contributed by atoms with Crippen molar-refractivity contribution in [2.75, 3.05) is 5.32 Å². The van der Waals surface area contributed by atoms with Gasteiger partial charge in [-0.05, 0) is 42.2 Å². The zero-order chi connectivity index (χ0) is 19.1. The van der Waals surface area contributed by atoms with Crippen LogP contribution in [0.5, 0.6) is 5.75 Å². The van der Waals surface area contributed by atoms with Crippen molar-refractivity contribution >= 4 is 17.7 Å². The molecule has 3 N–H and O–H groups in total. The fraction of sp³-hybridized carbons (Fsp3) is 0.300. The molecule has 0 aliphatic heterocycles. The Morgan fingerprint density at radius 2 is 1.69 bits per heavy atom. The zero-order valence-corrected chi connectivity index (χ0v) is 15.2. The number of carbonyl (C=O) groups is 2. The number of amides is 2. The van der Waals surface area contributed by atoms with E-state index in [0.717, 1.165) is 11.3 Å². The first-order chi connectivity index (χ1) is 12.3. The molecule has 6 heteroatoms. The summed E-state index contributed by atoms with van der Waals surface area (Å²) in [6.07, 6.45) is -0.562. The molecular weight excluding hydrogens is 332 g/mol. The van der Waals surface area contributed by atoms with E-state index in [9.17, 15) is 9.59 Å². The van der Waals surface area contributed by atoms with Crippen LogP contribution in [-0.4, -0.2) is 23.3 Å². The van der Waals surface area contributed by atoms with Crippen LogP contribution in [0.3, 0.4) is 0 Å². The monoisotopic (exact) mass is 356 g/mol. The van der Waals surface area contributed by atoms with Crippen molar-refractivity contribution in [3.63, 3.8) is 0 Å². The SMILES string of the molecule is CC(NC(=O)Nc1ccc(CC(=O)O)cc1)Oc1ccccc1C(C)C. The number of urea groups is 1. The maximum atomic E-state index is 12.1. The molecule has 0 spiro atoms. The fourth-order valence-electron chi connectivity index (χ4n) is 2.52. The van der Waals surface area contributed by atoms with Crippen molar-refractivity contribution < 1.29 is 19.4 Å². The average molecular weight is 356 g/mol. The third-order valence-corrected chi connectivity index (χ3v) is 3.75. The van der Waals surface area contributed by atoms with Crippen molar-refractivity contribution in [3.8, 4) is 5.75 Å². The Bertz CT molecular complexity index is 757. The maximum absolute atomic E-state index is 12.1. The second-order valence-corrected chi connectivity index (χ2v) is 6.32. The van der Waals surface area contributed by atoms with Gasteiger partial charge in [0.1, 0.15) is 5.75 Å². The minimum absolute atomic E-state index is 0.0490. The lowest BCUT2D eigenvalue weighted by atomic mass is 10.0. The summed E-state index contributed by atoms with van der Waals surface area (Å²) in [6.45, 7) is 5.93. The largest absolute Gasteiger partial charge is 0.481 e. The van der Waals surface area contributed by atoms with Crippen LogP contribution in [0, 0.1) is 0 Å². The Kier molecular flexibility index (Phi) is 6.60. The van der Waals surface area contributed by atoms with Crippen LogP contribution < -0.4 is 15.4 Å². The number of carboxylic acids is 1. The number of carbonyl (C=O) groups excluding carboxylic acids is 1. The molecule has 0 heterocycles. The Morgan fingerprint density at radius 1 is 1.04 bits per heavy atom. The number of carboxylic acid groups (broad SMARTS) is 1. The Labute approximate surface area is 153 Å². The molecule has 2 aromatic carbocycles. The smallest absolute Gasteiger partial charge is 0.322 e. The van der Waals surface area contributed by atoms with Crippen molar-refractivity contribution in [2.24, 2.45) is 0 Å². The average Bonchev–Trinajstić information content (AvgIpc) is 2.56. The summed E-state index contributed by atoms with van der Waals surface area (Å²) in [4.78, 5) is 22.8. The number of hydrogen-bond acceptors (Lipinski definition) is 3. The highest BCUT2D eigenvalue weighted by atomic mass is 16.5. The summed E-state index contributed by atoms with van der Waals surface area (Å²) in [7, 11) is 0. The quantitative estimate of drug-likeness (QED) is 0.655. The van der Waals surface area contributed by atoms with Gasteiger partial charge >= 0.3 is 12.0 Å². The van der Waals surface area contributed by atoms with Gasteiger partial charge in [-0.25, -0.2) is 4.79 Å². The number of anilines is 1. The van der Waals surface area contributed by atoms with Crippen molar-refractivity contribution in [1.82, 2.24) is 5.32 Å². The standard InChI is InChI=1S/C20H24N2O4/c1-13(2)17-6-4-5-7-18(17)26-14(3)21-20(25)22-16-10-8-15(9-11-16)12-19(23)24/h4-11,13-14H,12H2,1-3H3,(H,23,24)(H2,21,22,25). The van der Waals surface area contributed by atoms with Crippen LogP contribution in [-0.2, 0) is 11.2 Å². The first kappa shape index (κ1) is 19.3. The molecule has 26 heavy (non-hydrogen) atoms. The van der Waals surface area contributed by atoms with E-state index in [4.69, 9.17) is 9.84 Å². The molecule has 0 bridgehead atoms. The summed E-state index contributed by atoms with van der Waals surface area (Å²) in [5.41, 5.74) is 2.33. The molecule has 138 valence electrons. The van der Waals surface area contributed by atoms with Gasteiger partial charge in [0.25, 0.3) is 0 Å². The van der Waals surface area contributed by atoms with Crippen molar-refractivity contribution in [3.05, 3.63) is 59.7 Å². The van der Waals surface area contributed by atoms with E-state index in [1.54, 1.807) is 31.2 Å². The van der Waals surface area contributed by atoms with E-state index in [-0.39, 0.29) is 6.42 Å². The normalized spacial score (nSPS) is 11.7. The Balaban J connectivity index is 1.90. The highest BCUT2D eigenvalue weighted by Crippen LogP contribution is 2.26. The molecule has 0 aliphatic carbocycles. The van der Waals surface area contributed by atoms with Crippen LogP contribution in [0.2, 0.25) is 0 Å². The van der Waals surface area contributed by atoms with Crippen LogP contribution >= 0.6 is 0 Å². The van der Waals surface area contributed by atoms with E-state index in [0.29, 0.717) is 17.2 Å². The molecule has 1 atom stereocenters. The van der Waals surface area contributed by atoms with Gasteiger partial charge in [-0.1, -0.05) is 44.2 Å². The van der Waals surface area contributed by atoms with Gasteiger partial charge in [-0.15, -0.1) is 0 Å². The minimum atomic E-state index is -0.892. The molecule has 0 aliphatic rings. The molecule has 0 aromatic heterocycles. The molecule has 2 aromatic rings. The maximum Gasteiger partial charge on any atom is 0.322 e. The number of hydrogen-bond donors (Lipinski definition) is 3. The number of rotatable bonds is 7. The van der Waals surface area contributed by atoms with Crippen LogP contribution in [0.4, 0.5) is 10.5 Å². The lowest BCUT2D eigenvalue weighted by Gasteiger charge is -2.20. The molecule has 0 radical (unpaired) electrons. The second kappa shape index (κ2) is 8.89. The van der Waals surface area contributed by atoms with Gasteiger partial charge in [-0.3, -0.25) is 4.79 Å². The minimum Gasteiger partial charge on any atom is -0.481 e. The van der Waals surface area contributed by atoms with Gasteiger partial charge in [0, 0.05) is 5.69 Å². The number of benzene rings is 2. The fourth-order valence-corrected chi connectivity index (χ4v) is 2.52. The second-order valence-electron chi connectivity index (χ2n) is 6.32. The van der Waals surface area contributed by atoms with Crippen molar-refractivity contribution in [2.45, 2.75) is 39.3 Å². The molecule has 0 saturated carbocycles. The predicted octanol–water partition coefficient (Wildman–Crippen LogP) is 3.98. The summed E-state index contributed by atoms with van der Waals surface area (Å²) < 4.78 is 5.84. The van der Waals surface area contributed by atoms with Gasteiger partial charge in [0.2, 0.25) is 0 Å². The topological polar surface area (TPSA) is 87.7 Å². The lowest BCUT2D eigenvalue weighted by molar-refractivity contribution is -0.136. The van der Waals surface area contributed by atoms with E-state index >= 15 is 0 Å². The Morgan fingerprint density at radius 3 is 2.31 bits per heavy atom. The molecule has 1 unspecified atom stereocenters. The number of para-hydroxylation sites is 1. The Hall–Kier alpha value is -3.02. The van der Waals surface area contributed by atoms with Crippen LogP contribution in [0.25, 0.3) is 0 Å². The first-order valence-electron chi connectivity index (χ1n) is 8.49. The molecule has 2 rings (SSSR count). The predicted molar refractivity (Wildman–Crippen MR) is 101 cm³/mol. The number of nitrogens with one attached hydrogen (secondary N) is 2. The third-order valence-electron chi connectivity index (χ3n) is 3.75. The molecule has 6 nitrogen and oxygen atoms in total. The highest BCUT2D eigenvalue weighted by Gasteiger charge is 2.12. The molecule has 0 saturated heterocycles. The zero-order valence-electron chi connectivity index (χ0n) is 15.2. The molecule has 0 fully saturated rings. The number of aliphatic carboxylic acids is 1. The van der Waals surface area contributed by atoms with Crippen LogP contribution in [0.15, 0.2) is 48.5 Å². The molecular formula is C20H24N2O4. The lowest BCUT2D eigenvalue weighted by Crippen LogP contribution is -2.39. The van der Waals surface area contributed by atoms with Gasteiger partial charge in [0.05, 0.1) is 6.42 Å². The summed E-state index contributed by atoms with van der Waals surface area (Å²) in [6, 6.07) is 14.0. The summed E-state index contributed by atoms with van der Waals surface area (Å²) in [5, 5.41) is 14.2. The van der Waals surface area contributed by atoms with Gasteiger partial charge < -0.3 is 20.5 Å². The summed E-state index contributed by atoms with van der Waals surface area (Å²) >= 11 is 0. The van der Waals surface area contributed by atoms with E-state index in [1.165, 1.54) is 0 Å². The highest BCUT2D eigenvalue weighted by molar-refractivity contribution is 5.89.